The summed E-state index contributed by atoms with van der Waals surface area (Å²) in [6.07, 6.45) is 1.34. The van der Waals surface area contributed by atoms with Gasteiger partial charge in [0.15, 0.2) is 9.84 Å². The van der Waals surface area contributed by atoms with E-state index >= 15 is 0 Å². The van der Waals surface area contributed by atoms with E-state index in [1.807, 2.05) is 0 Å². The van der Waals surface area contributed by atoms with Gasteiger partial charge in [-0.15, -0.1) is 0 Å². The summed E-state index contributed by atoms with van der Waals surface area (Å²) < 4.78 is 52.8. The first-order valence-electron chi connectivity index (χ1n) is 8.59. The van der Waals surface area contributed by atoms with Gasteiger partial charge >= 0.3 is 6.61 Å². The highest BCUT2D eigenvalue weighted by molar-refractivity contribution is 7.91. The molecule has 0 aliphatic rings. The molecule has 152 valence electrons. The lowest BCUT2D eigenvalue weighted by Crippen LogP contribution is -2.04. The van der Waals surface area contributed by atoms with Crippen LogP contribution in [0.25, 0.3) is 0 Å². The fourth-order valence-electron chi connectivity index (χ4n) is 2.44. The van der Waals surface area contributed by atoms with E-state index in [4.69, 9.17) is 0 Å². The largest absolute Gasteiger partial charge is 0.435 e. The van der Waals surface area contributed by atoms with E-state index in [9.17, 15) is 17.2 Å². The van der Waals surface area contributed by atoms with Gasteiger partial charge in [-0.05, 0) is 42.5 Å². The molecule has 29 heavy (non-hydrogen) atoms. The summed E-state index contributed by atoms with van der Waals surface area (Å²) in [6.45, 7) is -1.29. The minimum absolute atomic E-state index is 0.0131. The Morgan fingerprint density at radius 2 is 1.62 bits per heavy atom. The zero-order chi connectivity index (χ0) is 20.9. The van der Waals surface area contributed by atoms with Crippen LogP contribution in [0.5, 0.6) is 5.75 Å². The van der Waals surface area contributed by atoms with E-state index in [1.165, 1.54) is 24.5 Å². The molecule has 0 fully saturated rings. The Labute approximate surface area is 166 Å². The number of nitrogens with one attached hydrogen (secondary N) is 2. The number of hydrogen-bond donors (Lipinski definition) is 2. The predicted molar refractivity (Wildman–Crippen MR) is 106 cm³/mol. The second-order valence-electron chi connectivity index (χ2n) is 5.87. The van der Waals surface area contributed by atoms with Gasteiger partial charge in [0.1, 0.15) is 23.7 Å². The minimum atomic E-state index is -3.32. The van der Waals surface area contributed by atoms with Gasteiger partial charge in [0.05, 0.1) is 10.6 Å². The smallest absolute Gasteiger partial charge is 0.387 e. The Kier molecular flexibility index (Phi) is 6.23. The number of ether oxygens (including phenoxy) is 1. The molecule has 7 nitrogen and oxygen atoms in total. The summed E-state index contributed by atoms with van der Waals surface area (Å²) in [6, 6.07) is 14.1. The molecule has 2 N–H and O–H groups in total. The summed E-state index contributed by atoms with van der Waals surface area (Å²) >= 11 is 0. The summed E-state index contributed by atoms with van der Waals surface area (Å²) in [4.78, 5) is 8.45. The number of aromatic nitrogens is 2. The van der Waals surface area contributed by atoms with Crippen molar-refractivity contribution in [3.63, 3.8) is 0 Å². The number of benzene rings is 2. The molecule has 0 unspecified atom stereocenters. The first-order valence-corrected chi connectivity index (χ1v) is 10.2. The van der Waals surface area contributed by atoms with Gasteiger partial charge in [0, 0.05) is 17.4 Å². The molecule has 3 rings (SSSR count). The van der Waals surface area contributed by atoms with Crippen molar-refractivity contribution in [1.82, 2.24) is 9.97 Å². The predicted octanol–water partition coefficient (Wildman–Crippen LogP) is 4.36. The number of rotatable bonds is 8. The SMILES string of the molecule is CCS(=O)(=O)c1cccc(Nc2cc(Nc3ccc(OC(F)F)cc3)ncn2)c1. The third-order valence-corrected chi connectivity index (χ3v) is 5.60. The molecule has 0 atom stereocenters. The molecule has 0 aliphatic carbocycles. The van der Waals surface area contributed by atoms with Gasteiger partial charge in [-0.25, -0.2) is 18.4 Å². The molecule has 0 radical (unpaired) electrons. The highest BCUT2D eigenvalue weighted by atomic mass is 32.2. The Hall–Kier alpha value is -3.27. The van der Waals surface area contributed by atoms with Crippen molar-refractivity contribution in [3.05, 3.63) is 60.9 Å². The van der Waals surface area contributed by atoms with Crippen LogP contribution < -0.4 is 15.4 Å². The molecular weight excluding hydrogens is 402 g/mol. The Morgan fingerprint density at radius 1 is 0.966 bits per heavy atom. The Balaban J connectivity index is 1.72. The van der Waals surface area contributed by atoms with Crippen LogP contribution in [0.15, 0.2) is 65.8 Å². The van der Waals surface area contributed by atoms with Crippen LogP contribution in [0.2, 0.25) is 0 Å². The quantitative estimate of drug-likeness (QED) is 0.559. The summed E-state index contributed by atoms with van der Waals surface area (Å²) in [7, 11) is -3.32. The topological polar surface area (TPSA) is 93.2 Å². The average molecular weight is 420 g/mol. The van der Waals surface area contributed by atoms with Gasteiger partial charge in [0.2, 0.25) is 0 Å². The summed E-state index contributed by atoms with van der Waals surface area (Å²) in [5, 5.41) is 6.06. The maximum atomic E-state index is 12.2. The van der Waals surface area contributed by atoms with Crippen LogP contribution in [0.1, 0.15) is 6.92 Å². The third kappa shape index (κ3) is 5.61. The molecule has 10 heteroatoms. The number of hydrogen-bond acceptors (Lipinski definition) is 7. The molecule has 3 aromatic rings. The zero-order valence-corrected chi connectivity index (χ0v) is 16.2. The van der Waals surface area contributed by atoms with Gasteiger partial charge in [0.25, 0.3) is 0 Å². The van der Waals surface area contributed by atoms with Crippen LogP contribution in [0.4, 0.5) is 31.8 Å². The van der Waals surface area contributed by atoms with Crippen molar-refractivity contribution >= 4 is 32.8 Å². The lowest BCUT2D eigenvalue weighted by atomic mass is 10.3. The van der Waals surface area contributed by atoms with E-state index in [1.54, 1.807) is 43.3 Å². The van der Waals surface area contributed by atoms with Crippen LogP contribution in [0.3, 0.4) is 0 Å². The van der Waals surface area contributed by atoms with Crippen LogP contribution >= 0.6 is 0 Å². The number of halogens is 2. The van der Waals surface area contributed by atoms with Gasteiger partial charge in [-0.3, -0.25) is 0 Å². The second-order valence-corrected chi connectivity index (χ2v) is 8.15. The number of sulfone groups is 1. The molecule has 0 amide bonds. The molecule has 1 aromatic heterocycles. The summed E-state index contributed by atoms with van der Waals surface area (Å²) in [5.74, 6) is 0.977. The van der Waals surface area contributed by atoms with Crippen molar-refractivity contribution in [3.8, 4) is 5.75 Å². The average Bonchev–Trinajstić information content (AvgIpc) is 2.70. The van der Waals surface area contributed by atoms with Gasteiger partial charge in [-0.1, -0.05) is 13.0 Å². The molecule has 0 spiro atoms. The fraction of sp³-hybridized carbons (Fsp3) is 0.158. The first kappa shape index (κ1) is 20.5. The van der Waals surface area contributed by atoms with Crippen molar-refractivity contribution in [2.24, 2.45) is 0 Å². The normalized spacial score (nSPS) is 11.3. The molecule has 0 aliphatic heterocycles. The minimum Gasteiger partial charge on any atom is -0.435 e. The van der Waals surface area contributed by atoms with E-state index < -0.39 is 16.4 Å². The number of alkyl halides is 2. The molecule has 0 saturated carbocycles. The number of nitrogens with zero attached hydrogens (tertiary/aromatic N) is 2. The highest BCUT2D eigenvalue weighted by Crippen LogP contribution is 2.23. The Bertz CT molecular complexity index is 1080. The molecule has 1 heterocycles. The number of anilines is 4. The van der Waals surface area contributed by atoms with Crippen molar-refractivity contribution in [2.45, 2.75) is 18.4 Å². The van der Waals surface area contributed by atoms with Crippen molar-refractivity contribution in [1.29, 1.82) is 0 Å². The standard InChI is InChI=1S/C19H18F2N4O3S/c1-2-29(26,27)16-5-3-4-14(10-16)25-18-11-17(22-12-23-18)24-13-6-8-15(9-7-13)28-19(20)21/h3-12,19H,2H2,1H3,(H2,22,23,24,25). The van der Waals surface area contributed by atoms with E-state index in [0.717, 1.165) is 0 Å². The third-order valence-electron chi connectivity index (χ3n) is 3.86. The fourth-order valence-corrected chi connectivity index (χ4v) is 3.37. The van der Waals surface area contributed by atoms with E-state index in [-0.39, 0.29) is 16.4 Å². The zero-order valence-electron chi connectivity index (χ0n) is 15.3. The lowest BCUT2D eigenvalue weighted by molar-refractivity contribution is -0.0498. The highest BCUT2D eigenvalue weighted by Gasteiger charge is 2.12. The monoisotopic (exact) mass is 420 g/mol. The van der Waals surface area contributed by atoms with Crippen LogP contribution in [0, 0.1) is 0 Å². The van der Waals surface area contributed by atoms with Gasteiger partial charge < -0.3 is 15.4 Å². The van der Waals surface area contributed by atoms with Crippen molar-refractivity contribution in [2.75, 3.05) is 16.4 Å². The van der Waals surface area contributed by atoms with Crippen LogP contribution in [-0.4, -0.2) is 30.8 Å². The molecular formula is C19H18F2N4O3S. The molecule has 2 aromatic carbocycles. The van der Waals surface area contributed by atoms with Gasteiger partial charge in [-0.2, -0.15) is 8.78 Å². The maximum Gasteiger partial charge on any atom is 0.387 e. The molecule has 0 bridgehead atoms. The lowest BCUT2D eigenvalue weighted by Gasteiger charge is -2.10. The van der Waals surface area contributed by atoms with Crippen LogP contribution in [-0.2, 0) is 9.84 Å². The van der Waals surface area contributed by atoms with E-state index in [2.05, 4.69) is 25.3 Å². The maximum absolute atomic E-state index is 12.2. The second kappa shape index (κ2) is 8.82. The summed E-state index contributed by atoms with van der Waals surface area (Å²) in [5.41, 5.74) is 1.19. The first-order chi connectivity index (χ1) is 13.9. The van der Waals surface area contributed by atoms with Crippen molar-refractivity contribution < 1.29 is 21.9 Å². The molecule has 0 saturated heterocycles. The Morgan fingerprint density at radius 3 is 2.24 bits per heavy atom. The van der Waals surface area contributed by atoms with E-state index in [0.29, 0.717) is 23.0 Å².